The van der Waals surface area contributed by atoms with Crippen LogP contribution in [0.4, 0.5) is 0 Å². The fourth-order valence-corrected chi connectivity index (χ4v) is 3.35. The Hall–Kier alpha value is -2.12. The van der Waals surface area contributed by atoms with Gasteiger partial charge in [-0.25, -0.2) is 0 Å². The number of hydrogen-bond donors (Lipinski definition) is 0. The van der Waals surface area contributed by atoms with E-state index < -0.39 is 0 Å². The van der Waals surface area contributed by atoms with E-state index in [9.17, 15) is 0 Å². The Labute approximate surface area is 153 Å². The number of benzene rings is 2. The van der Waals surface area contributed by atoms with Crippen molar-refractivity contribution in [3.05, 3.63) is 83.9 Å². The van der Waals surface area contributed by atoms with Crippen LogP contribution in [-0.2, 0) is 17.6 Å². The van der Waals surface area contributed by atoms with Gasteiger partial charge in [0.1, 0.15) is 0 Å². The molecule has 2 aromatic rings. The van der Waals surface area contributed by atoms with Crippen molar-refractivity contribution in [1.29, 1.82) is 0 Å². The summed E-state index contributed by atoms with van der Waals surface area (Å²) in [6.07, 6.45) is 5.49. The third-order valence-electron chi connectivity index (χ3n) is 4.24. The van der Waals surface area contributed by atoms with E-state index in [0.29, 0.717) is 0 Å². The maximum atomic E-state index is 6.51. The number of hydrogen-bond acceptors (Lipinski definition) is 1. The zero-order valence-electron chi connectivity index (χ0n) is 16.0. The first-order valence-corrected chi connectivity index (χ1v) is 8.86. The average Bonchev–Trinajstić information content (AvgIpc) is 2.54. The first-order valence-electron chi connectivity index (χ1n) is 8.86. The maximum Gasteiger partial charge on any atom is 0.0674 e. The third-order valence-corrected chi connectivity index (χ3v) is 4.24. The second-order valence-corrected chi connectivity index (χ2v) is 7.87. The molecule has 2 aromatic carbocycles. The molecule has 25 heavy (non-hydrogen) atoms. The summed E-state index contributed by atoms with van der Waals surface area (Å²) in [5.41, 5.74) is 4.38. The van der Waals surface area contributed by atoms with E-state index in [1.807, 2.05) is 12.2 Å². The minimum absolute atomic E-state index is 0.236. The minimum Gasteiger partial charge on any atom is -0.369 e. The van der Waals surface area contributed by atoms with Crippen LogP contribution < -0.4 is 0 Å². The lowest BCUT2D eigenvalue weighted by Gasteiger charge is -2.36. The monoisotopic (exact) mass is 334 g/mol. The lowest BCUT2D eigenvalue weighted by Crippen LogP contribution is -2.40. The van der Waals surface area contributed by atoms with Gasteiger partial charge in [0.25, 0.3) is 0 Å². The average molecular weight is 335 g/mol. The molecular weight excluding hydrogens is 304 g/mol. The molecule has 0 aliphatic carbocycles. The van der Waals surface area contributed by atoms with Gasteiger partial charge in [-0.2, -0.15) is 0 Å². The summed E-state index contributed by atoms with van der Waals surface area (Å²) in [6, 6.07) is 17.0. The molecule has 0 N–H and O–H groups in total. The molecule has 0 unspecified atom stereocenters. The number of ether oxygens (including phenoxy) is 1. The van der Waals surface area contributed by atoms with Gasteiger partial charge in [0.15, 0.2) is 0 Å². The minimum atomic E-state index is -0.236. The summed E-state index contributed by atoms with van der Waals surface area (Å²) in [4.78, 5) is 0. The highest BCUT2D eigenvalue weighted by Gasteiger charge is 2.29. The van der Waals surface area contributed by atoms with Crippen molar-refractivity contribution in [2.75, 3.05) is 0 Å². The molecule has 0 fully saturated rings. The molecule has 2 rings (SSSR count). The summed E-state index contributed by atoms with van der Waals surface area (Å²) >= 11 is 0. The Kier molecular flexibility index (Phi) is 6.02. The first-order chi connectivity index (χ1) is 11.7. The van der Waals surface area contributed by atoms with E-state index in [2.05, 4.69) is 89.4 Å². The van der Waals surface area contributed by atoms with Gasteiger partial charge in [-0.15, -0.1) is 0 Å². The Balaban J connectivity index is 2.02. The number of rotatable bonds is 8. The van der Waals surface area contributed by atoms with Crippen LogP contribution >= 0.6 is 0 Å². The molecule has 1 heteroatoms. The lowest BCUT2D eigenvalue weighted by molar-refractivity contribution is -0.121. The van der Waals surface area contributed by atoms with E-state index >= 15 is 0 Å². The van der Waals surface area contributed by atoms with Gasteiger partial charge in [0.05, 0.1) is 11.2 Å². The van der Waals surface area contributed by atoms with Crippen LogP contribution in [0.5, 0.6) is 0 Å². The zero-order chi connectivity index (χ0) is 18.5. The van der Waals surface area contributed by atoms with Crippen LogP contribution in [0.15, 0.2) is 61.7 Å². The predicted octanol–water partition coefficient (Wildman–Crippen LogP) is 6.33. The van der Waals surface area contributed by atoms with Gasteiger partial charge < -0.3 is 4.74 Å². The van der Waals surface area contributed by atoms with Crippen molar-refractivity contribution in [3.8, 4) is 0 Å². The van der Waals surface area contributed by atoms with E-state index in [0.717, 1.165) is 24.0 Å². The van der Waals surface area contributed by atoms with Gasteiger partial charge in [-0.1, -0.05) is 73.8 Å². The molecule has 132 valence electrons. The van der Waals surface area contributed by atoms with E-state index in [-0.39, 0.29) is 11.2 Å². The molecule has 0 atom stereocenters. The molecule has 0 spiro atoms. The van der Waals surface area contributed by atoms with Crippen molar-refractivity contribution < 1.29 is 4.74 Å². The molecule has 0 aliphatic heterocycles. The van der Waals surface area contributed by atoms with Gasteiger partial charge in [-0.3, -0.25) is 0 Å². The van der Waals surface area contributed by atoms with Crippen LogP contribution in [0.25, 0.3) is 12.2 Å². The van der Waals surface area contributed by atoms with Crippen LogP contribution in [0.2, 0.25) is 0 Å². The Morgan fingerprint density at radius 1 is 0.680 bits per heavy atom. The SMILES string of the molecule is C=Cc1ccc(CC(C)(C)OC(C)(C)Cc2ccc(C=C)cc2)cc1. The van der Waals surface area contributed by atoms with E-state index in [4.69, 9.17) is 4.74 Å². The summed E-state index contributed by atoms with van der Waals surface area (Å²) in [6.45, 7) is 16.3. The maximum absolute atomic E-state index is 6.51. The van der Waals surface area contributed by atoms with Crippen molar-refractivity contribution in [3.63, 3.8) is 0 Å². The quantitative estimate of drug-likeness (QED) is 0.548. The molecule has 0 saturated heterocycles. The molecule has 0 bridgehead atoms. The normalized spacial score (nSPS) is 12.0. The standard InChI is InChI=1S/C24H30O/c1-7-19-9-13-21(14-10-19)17-23(3,4)25-24(5,6)18-22-15-11-20(8-2)12-16-22/h7-16H,1-2,17-18H2,3-6H3. The highest BCUT2D eigenvalue weighted by Crippen LogP contribution is 2.27. The summed E-state index contributed by atoms with van der Waals surface area (Å²) in [7, 11) is 0. The fraction of sp³-hybridized carbons (Fsp3) is 0.333. The second kappa shape index (κ2) is 7.84. The van der Waals surface area contributed by atoms with Crippen LogP contribution in [-0.4, -0.2) is 11.2 Å². The molecular formula is C24H30O. The van der Waals surface area contributed by atoms with Gasteiger partial charge in [0, 0.05) is 12.8 Å². The van der Waals surface area contributed by atoms with Gasteiger partial charge in [-0.05, 0) is 49.9 Å². The predicted molar refractivity (Wildman–Crippen MR) is 110 cm³/mol. The van der Waals surface area contributed by atoms with Gasteiger partial charge in [0.2, 0.25) is 0 Å². The second-order valence-electron chi connectivity index (χ2n) is 7.87. The van der Waals surface area contributed by atoms with Crippen molar-refractivity contribution in [2.45, 2.75) is 51.7 Å². The van der Waals surface area contributed by atoms with Crippen molar-refractivity contribution in [1.82, 2.24) is 0 Å². The molecule has 0 amide bonds. The van der Waals surface area contributed by atoms with Crippen LogP contribution in [0.1, 0.15) is 49.9 Å². The van der Waals surface area contributed by atoms with Crippen molar-refractivity contribution in [2.24, 2.45) is 0 Å². The highest BCUT2D eigenvalue weighted by molar-refractivity contribution is 5.48. The summed E-state index contributed by atoms with van der Waals surface area (Å²) < 4.78 is 6.51. The van der Waals surface area contributed by atoms with Crippen LogP contribution in [0.3, 0.4) is 0 Å². The Morgan fingerprint density at radius 3 is 1.28 bits per heavy atom. The smallest absolute Gasteiger partial charge is 0.0674 e. The molecule has 0 aromatic heterocycles. The first kappa shape index (κ1) is 19.2. The third kappa shape index (κ3) is 6.03. The lowest BCUT2D eigenvalue weighted by atomic mass is 9.93. The molecule has 0 aliphatic rings. The Morgan fingerprint density at radius 2 is 1.00 bits per heavy atom. The molecule has 1 nitrogen and oxygen atoms in total. The summed E-state index contributed by atoms with van der Waals surface area (Å²) in [5.74, 6) is 0. The van der Waals surface area contributed by atoms with E-state index in [1.165, 1.54) is 11.1 Å². The molecule has 0 heterocycles. The molecule has 0 radical (unpaired) electrons. The van der Waals surface area contributed by atoms with Gasteiger partial charge >= 0.3 is 0 Å². The molecule has 0 saturated carbocycles. The van der Waals surface area contributed by atoms with Crippen LogP contribution in [0, 0.1) is 0 Å². The summed E-state index contributed by atoms with van der Waals surface area (Å²) in [5, 5.41) is 0. The topological polar surface area (TPSA) is 9.23 Å². The Bertz CT molecular complexity index is 639. The largest absolute Gasteiger partial charge is 0.369 e. The van der Waals surface area contributed by atoms with Crippen molar-refractivity contribution >= 4 is 12.2 Å². The fourth-order valence-electron chi connectivity index (χ4n) is 3.35. The van der Waals surface area contributed by atoms with E-state index in [1.54, 1.807) is 0 Å². The zero-order valence-corrected chi connectivity index (χ0v) is 16.0. The highest BCUT2D eigenvalue weighted by atomic mass is 16.5.